The second-order valence-corrected chi connectivity index (χ2v) is 6.81. The number of nitrogen functional groups attached to an aromatic ring is 1. The maximum absolute atomic E-state index is 6.10. The molecule has 112 valence electrons. The van der Waals surface area contributed by atoms with E-state index in [-0.39, 0.29) is 11.7 Å². The van der Waals surface area contributed by atoms with E-state index in [1.54, 1.807) is 6.20 Å². The molecule has 1 saturated heterocycles. The Balaban J connectivity index is 2.00. The van der Waals surface area contributed by atoms with E-state index >= 15 is 0 Å². The Labute approximate surface area is 128 Å². The molecule has 1 fully saturated rings. The van der Waals surface area contributed by atoms with Crippen molar-refractivity contribution >= 4 is 22.4 Å². The van der Waals surface area contributed by atoms with Gasteiger partial charge in [0.25, 0.3) is 0 Å². The maximum atomic E-state index is 6.10. The predicted octanol–water partition coefficient (Wildman–Crippen LogP) is 2.79. The molecule has 2 aromatic rings. The van der Waals surface area contributed by atoms with Crippen LogP contribution in [-0.2, 0) is 4.74 Å². The summed E-state index contributed by atoms with van der Waals surface area (Å²) < 4.78 is 10.3. The highest BCUT2D eigenvalue weighted by atomic mass is 32.1. The number of aromatic nitrogens is 2. The lowest BCUT2D eigenvalue weighted by atomic mass is 10.0. The molecular formula is C15H20N4OS. The summed E-state index contributed by atoms with van der Waals surface area (Å²) in [5.74, 6) is 0.569. The Bertz CT molecular complexity index is 626. The molecule has 2 aromatic heterocycles. The summed E-state index contributed by atoms with van der Waals surface area (Å²) in [6.07, 6.45) is 3.77. The first kappa shape index (κ1) is 14.3. The molecule has 3 rings (SSSR count). The largest absolute Gasteiger partial charge is 0.382 e. The fourth-order valence-electron chi connectivity index (χ4n) is 2.90. The van der Waals surface area contributed by atoms with Crippen LogP contribution in [0.5, 0.6) is 0 Å². The molecule has 0 spiro atoms. The Morgan fingerprint density at radius 3 is 2.95 bits per heavy atom. The molecule has 0 aromatic carbocycles. The van der Waals surface area contributed by atoms with Crippen LogP contribution in [0, 0.1) is 0 Å². The Hall–Kier alpha value is -1.66. The number of ether oxygens (including phenoxy) is 1. The van der Waals surface area contributed by atoms with Gasteiger partial charge in [0.2, 0.25) is 0 Å². The second kappa shape index (κ2) is 5.27. The lowest BCUT2D eigenvalue weighted by Gasteiger charge is -2.42. The molecule has 5 nitrogen and oxygen atoms in total. The Morgan fingerprint density at radius 1 is 1.48 bits per heavy atom. The molecule has 21 heavy (non-hydrogen) atoms. The van der Waals surface area contributed by atoms with E-state index in [1.807, 2.05) is 18.3 Å². The van der Waals surface area contributed by atoms with E-state index in [2.05, 4.69) is 35.0 Å². The lowest BCUT2D eigenvalue weighted by molar-refractivity contribution is -0.0747. The highest BCUT2D eigenvalue weighted by Crippen LogP contribution is 2.40. The van der Waals surface area contributed by atoms with Gasteiger partial charge < -0.3 is 15.4 Å². The average Bonchev–Trinajstić information content (AvgIpc) is 2.79. The summed E-state index contributed by atoms with van der Waals surface area (Å²) in [7, 11) is 0. The molecular weight excluding hydrogens is 284 g/mol. The minimum atomic E-state index is -0.178. The smallest absolute Gasteiger partial charge is 0.147 e. The predicted molar refractivity (Wildman–Crippen MR) is 86.6 cm³/mol. The van der Waals surface area contributed by atoms with Crippen molar-refractivity contribution in [1.82, 2.24) is 9.36 Å². The van der Waals surface area contributed by atoms with Gasteiger partial charge in [-0.3, -0.25) is 4.98 Å². The summed E-state index contributed by atoms with van der Waals surface area (Å²) in [6.45, 7) is 8.00. The monoisotopic (exact) mass is 304 g/mol. The van der Waals surface area contributed by atoms with Crippen LogP contribution in [0.2, 0.25) is 0 Å². The molecule has 0 saturated carbocycles. The fraction of sp³-hybridized carbons (Fsp3) is 0.467. The number of pyridine rings is 1. The molecule has 6 heteroatoms. The zero-order chi connectivity index (χ0) is 15.0. The molecule has 0 aliphatic carbocycles. The normalized spacial score (nSPS) is 21.5. The van der Waals surface area contributed by atoms with E-state index in [1.165, 1.54) is 11.5 Å². The third-order valence-electron chi connectivity index (χ3n) is 3.51. The minimum Gasteiger partial charge on any atom is -0.382 e. The van der Waals surface area contributed by atoms with Crippen molar-refractivity contribution in [2.45, 2.75) is 32.5 Å². The third-order valence-corrected chi connectivity index (χ3v) is 4.43. The second-order valence-electron chi connectivity index (χ2n) is 6.06. The number of hydrogen-bond donors (Lipinski definition) is 1. The molecule has 1 aliphatic heterocycles. The minimum absolute atomic E-state index is 0.178. The van der Waals surface area contributed by atoms with Gasteiger partial charge in [-0.05, 0) is 38.4 Å². The topological polar surface area (TPSA) is 64.3 Å². The average molecular weight is 304 g/mol. The number of hydrogen-bond acceptors (Lipinski definition) is 6. The van der Waals surface area contributed by atoms with Gasteiger partial charge >= 0.3 is 0 Å². The first-order valence-corrected chi connectivity index (χ1v) is 7.82. The van der Waals surface area contributed by atoms with E-state index in [4.69, 9.17) is 10.5 Å². The van der Waals surface area contributed by atoms with Gasteiger partial charge in [0.15, 0.2) is 0 Å². The van der Waals surface area contributed by atoms with Gasteiger partial charge in [-0.2, -0.15) is 4.37 Å². The number of morpholine rings is 1. The van der Waals surface area contributed by atoms with Crippen LogP contribution in [0.1, 0.15) is 20.8 Å². The molecule has 1 atom stereocenters. The van der Waals surface area contributed by atoms with Gasteiger partial charge in [-0.25, -0.2) is 0 Å². The zero-order valence-corrected chi connectivity index (χ0v) is 13.4. The van der Waals surface area contributed by atoms with Crippen LogP contribution in [0.3, 0.4) is 0 Å². The van der Waals surface area contributed by atoms with E-state index in [0.717, 1.165) is 29.2 Å². The number of rotatable bonds is 2. The fourth-order valence-corrected chi connectivity index (χ4v) is 3.74. The van der Waals surface area contributed by atoms with Crippen molar-refractivity contribution in [3.05, 3.63) is 24.5 Å². The van der Waals surface area contributed by atoms with E-state index in [0.29, 0.717) is 5.82 Å². The van der Waals surface area contributed by atoms with Crippen molar-refractivity contribution in [3.8, 4) is 11.1 Å². The first-order chi connectivity index (χ1) is 9.96. The van der Waals surface area contributed by atoms with Gasteiger partial charge in [0, 0.05) is 31.0 Å². The van der Waals surface area contributed by atoms with Gasteiger partial charge in [0.1, 0.15) is 10.8 Å². The molecule has 1 aliphatic rings. The van der Waals surface area contributed by atoms with Crippen LogP contribution in [0.4, 0.5) is 10.8 Å². The summed E-state index contributed by atoms with van der Waals surface area (Å²) in [6, 6.07) is 3.94. The van der Waals surface area contributed by atoms with Crippen molar-refractivity contribution in [1.29, 1.82) is 0 Å². The van der Waals surface area contributed by atoms with Crippen LogP contribution >= 0.6 is 11.5 Å². The van der Waals surface area contributed by atoms with Crippen molar-refractivity contribution in [3.63, 3.8) is 0 Å². The molecule has 1 unspecified atom stereocenters. The highest BCUT2D eigenvalue weighted by Gasteiger charge is 2.33. The Kier molecular flexibility index (Phi) is 3.59. The molecule has 0 radical (unpaired) electrons. The number of anilines is 2. The zero-order valence-electron chi connectivity index (χ0n) is 12.5. The van der Waals surface area contributed by atoms with Gasteiger partial charge in [-0.15, -0.1) is 0 Å². The van der Waals surface area contributed by atoms with Crippen molar-refractivity contribution in [2.24, 2.45) is 0 Å². The quantitative estimate of drug-likeness (QED) is 0.924. The van der Waals surface area contributed by atoms with Gasteiger partial charge in [-0.1, -0.05) is 6.07 Å². The maximum Gasteiger partial charge on any atom is 0.147 e. The van der Waals surface area contributed by atoms with Crippen LogP contribution < -0.4 is 10.6 Å². The molecule has 0 amide bonds. The van der Waals surface area contributed by atoms with Crippen molar-refractivity contribution in [2.75, 3.05) is 23.7 Å². The van der Waals surface area contributed by atoms with Crippen LogP contribution in [0.25, 0.3) is 11.1 Å². The third kappa shape index (κ3) is 2.87. The summed E-state index contributed by atoms with van der Waals surface area (Å²) in [4.78, 5) is 6.51. The first-order valence-electron chi connectivity index (χ1n) is 7.04. The summed E-state index contributed by atoms with van der Waals surface area (Å²) in [5, 5.41) is 1.10. The SMILES string of the molecule is CC1CN(c2snc(N)c2-c2cccnc2)CC(C)(C)O1. The summed E-state index contributed by atoms with van der Waals surface area (Å²) in [5.41, 5.74) is 7.91. The van der Waals surface area contributed by atoms with Crippen molar-refractivity contribution < 1.29 is 4.74 Å². The summed E-state index contributed by atoms with van der Waals surface area (Å²) >= 11 is 1.45. The highest BCUT2D eigenvalue weighted by molar-refractivity contribution is 7.11. The molecule has 3 heterocycles. The van der Waals surface area contributed by atoms with Gasteiger partial charge in [0.05, 0.1) is 17.3 Å². The van der Waals surface area contributed by atoms with Crippen LogP contribution in [0.15, 0.2) is 24.5 Å². The molecule has 0 bridgehead atoms. The standard InChI is InChI=1S/C15H20N4OS/c1-10-8-19(9-15(2,3)20-10)14-12(13(16)18-21-14)11-5-4-6-17-7-11/h4-7,10H,8-9H2,1-3H3,(H2,16,18). The van der Waals surface area contributed by atoms with E-state index < -0.39 is 0 Å². The number of nitrogens with zero attached hydrogens (tertiary/aromatic N) is 3. The van der Waals surface area contributed by atoms with Crippen LogP contribution in [-0.4, -0.2) is 34.2 Å². The number of nitrogens with two attached hydrogens (primary N) is 1. The Morgan fingerprint density at radius 2 is 2.29 bits per heavy atom. The molecule has 2 N–H and O–H groups in total. The van der Waals surface area contributed by atoms with E-state index in [9.17, 15) is 0 Å². The lowest BCUT2D eigenvalue weighted by Crippen LogP contribution is -2.51.